The highest BCUT2D eigenvalue weighted by molar-refractivity contribution is 6.00. The summed E-state index contributed by atoms with van der Waals surface area (Å²) in [4.78, 5) is 11.2. The molecule has 0 saturated heterocycles. The average Bonchev–Trinajstić information content (AvgIpc) is 2.34. The molecule has 1 aromatic heterocycles. The second kappa shape index (κ2) is 3.36. The number of hydrogen-bond donors (Lipinski definition) is 1. The molecule has 1 aromatic rings. The molecule has 0 saturated carbocycles. The van der Waals surface area contributed by atoms with Crippen molar-refractivity contribution in [3.05, 3.63) is 11.8 Å². The Morgan fingerprint density at radius 2 is 2.50 bits per heavy atom. The lowest BCUT2D eigenvalue weighted by Gasteiger charge is -1.97. The van der Waals surface area contributed by atoms with Gasteiger partial charge in [-0.05, 0) is 0 Å². The summed E-state index contributed by atoms with van der Waals surface area (Å²) in [5.41, 5.74) is 5.97. The van der Waals surface area contributed by atoms with Crippen molar-refractivity contribution in [3.8, 4) is 0 Å². The lowest BCUT2D eigenvalue weighted by molar-refractivity contribution is 0.0849. The van der Waals surface area contributed by atoms with Gasteiger partial charge in [0.15, 0.2) is 5.78 Å². The van der Waals surface area contributed by atoms with Crippen LogP contribution in [0, 0.1) is 0 Å². The largest absolute Gasteiger partial charge is 0.383 e. The number of nitrogens with two attached hydrogens (primary N) is 1. The minimum absolute atomic E-state index is 0.0376. The van der Waals surface area contributed by atoms with Crippen molar-refractivity contribution in [1.29, 1.82) is 0 Å². The van der Waals surface area contributed by atoms with Gasteiger partial charge in [-0.25, -0.2) is 0 Å². The summed E-state index contributed by atoms with van der Waals surface area (Å²) in [7, 11) is 3.14. The first kappa shape index (κ1) is 8.73. The van der Waals surface area contributed by atoms with E-state index in [1.165, 1.54) is 18.0 Å². The monoisotopic (exact) mass is 169 g/mol. The Morgan fingerprint density at radius 1 is 1.83 bits per heavy atom. The van der Waals surface area contributed by atoms with E-state index in [9.17, 15) is 4.79 Å². The molecule has 1 heterocycles. The first-order valence-corrected chi connectivity index (χ1v) is 3.46. The van der Waals surface area contributed by atoms with E-state index in [1.807, 2.05) is 0 Å². The summed E-state index contributed by atoms with van der Waals surface area (Å²) in [6, 6.07) is 0. The van der Waals surface area contributed by atoms with Gasteiger partial charge < -0.3 is 10.5 Å². The number of hydrogen-bond acceptors (Lipinski definition) is 4. The molecule has 2 N–H and O–H groups in total. The molecule has 1 rings (SSSR count). The van der Waals surface area contributed by atoms with Crippen LogP contribution in [0.3, 0.4) is 0 Å². The zero-order valence-corrected chi connectivity index (χ0v) is 7.07. The van der Waals surface area contributed by atoms with Crippen LogP contribution < -0.4 is 5.73 Å². The number of rotatable bonds is 3. The minimum atomic E-state index is -0.150. The van der Waals surface area contributed by atoms with Crippen LogP contribution in [0.5, 0.6) is 0 Å². The average molecular weight is 169 g/mol. The molecule has 0 atom stereocenters. The second-order valence-corrected chi connectivity index (χ2v) is 2.42. The van der Waals surface area contributed by atoms with Crippen LogP contribution in [-0.2, 0) is 11.8 Å². The van der Waals surface area contributed by atoms with Crippen molar-refractivity contribution < 1.29 is 9.53 Å². The fourth-order valence-corrected chi connectivity index (χ4v) is 0.871. The number of anilines is 1. The van der Waals surface area contributed by atoms with Crippen LogP contribution in [0.1, 0.15) is 10.4 Å². The molecule has 5 nitrogen and oxygen atoms in total. The van der Waals surface area contributed by atoms with Gasteiger partial charge in [-0.15, -0.1) is 0 Å². The number of nitrogens with zero attached hydrogens (tertiary/aromatic N) is 2. The molecular weight excluding hydrogens is 158 g/mol. The van der Waals surface area contributed by atoms with Gasteiger partial charge in [0.05, 0.1) is 11.8 Å². The maximum absolute atomic E-state index is 11.2. The van der Waals surface area contributed by atoms with Gasteiger partial charge in [-0.2, -0.15) is 5.10 Å². The highest BCUT2D eigenvalue weighted by Gasteiger charge is 2.12. The highest BCUT2D eigenvalue weighted by atomic mass is 16.5. The van der Waals surface area contributed by atoms with Crippen molar-refractivity contribution in [3.63, 3.8) is 0 Å². The van der Waals surface area contributed by atoms with Gasteiger partial charge in [0.25, 0.3) is 0 Å². The van der Waals surface area contributed by atoms with E-state index in [2.05, 4.69) is 9.84 Å². The van der Waals surface area contributed by atoms with E-state index in [0.717, 1.165) is 0 Å². The third-order valence-corrected chi connectivity index (χ3v) is 1.56. The highest BCUT2D eigenvalue weighted by Crippen LogP contribution is 2.09. The number of aromatic nitrogens is 2. The normalized spacial score (nSPS) is 10.2. The zero-order valence-electron chi connectivity index (χ0n) is 7.07. The summed E-state index contributed by atoms with van der Waals surface area (Å²) in [5.74, 6) is 0.222. The Labute approximate surface area is 70.1 Å². The SMILES string of the molecule is COCC(=O)c1cnn(C)c1N. The minimum Gasteiger partial charge on any atom is -0.383 e. The fourth-order valence-electron chi connectivity index (χ4n) is 0.871. The summed E-state index contributed by atoms with van der Waals surface area (Å²) < 4.78 is 6.13. The van der Waals surface area contributed by atoms with Gasteiger partial charge in [-0.1, -0.05) is 0 Å². The molecule has 0 amide bonds. The standard InChI is InChI=1S/C7H11N3O2/c1-10-7(8)5(3-9-10)6(11)4-12-2/h3H,4,8H2,1-2H3. The Kier molecular flexibility index (Phi) is 2.44. The first-order chi connectivity index (χ1) is 5.66. The molecule has 0 aliphatic heterocycles. The predicted octanol–water partition coefficient (Wildman–Crippen LogP) is -0.169. The number of ether oxygens (including phenoxy) is 1. The number of methoxy groups -OCH3 is 1. The van der Waals surface area contributed by atoms with Crippen LogP contribution in [0.15, 0.2) is 6.20 Å². The van der Waals surface area contributed by atoms with Gasteiger partial charge in [0.2, 0.25) is 0 Å². The number of carbonyl (C=O) groups is 1. The van der Waals surface area contributed by atoms with E-state index in [1.54, 1.807) is 7.05 Å². The van der Waals surface area contributed by atoms with Crippen LogP contribution in [0.2, 0.25) is 0 Å². The maximum atomic E-state index is 11.2. The molecule has 0 aliphatic rings. The van der Waals surface area contributed by atoms with E-state index in [0.29, 0.717) is 11.4 Å². The van der Waals surface area contributed by atoms with Gasteiger partial charge in [0, 0.05) is 14.2 Å². The molecule has 12 heavy (non-hydrogen) atoms. The molecule has 66 valence electrons. The summed E-state index contributed by atoms with van der Waals surface area (Å²) in [5, 5.41) is 3.83. The Balaban J connectivity index is 2.88. The predicted molar refractivity (Wildman–Crippen MR) is 43.8 cm³/mol. The van der Waals surface area contributed by atoms with Crippen LogP contribution in [-0.4, -0.2) is 29.3 Å². The molecule has 0 radical (unpaired) electrons. The van der Waals surface area contributed by atoms with Gasteiger partial charge >= 0.3 is 0 Å². The van der Waals surface area contributed by atoms with Crippen molar-refractivity contribution in [2.24, 2.45) is 7.05 Å². The first-order valence-electron chi connectivity index (χ1n) is 3.46. The molecule has 5 heteroatoms. The van der Waals surface area contributed by atoms with Crippen LogP contribution in [0.25, 0.3) is 0 Å². The molecule has 0 aromatic carbocycles. The van der Waals surface area contributed by atoms with Crippen LogP contribution in [0.4, 0.5) is 5.82 Å². The summed E-state index contributed by atoms with van der Waals surface area (Å²) >= 11 is 0. The number of Topliss-reactive ketones (excluding diaryl/α,β-unsaturated/α-hetero) is 1. The molecule has 0 spiro atoms. The van der Waals surface area contributed by atoms with Gasteiger partial charge in [0.1, 0.15) is 12.4 Å². The Hall–Kier alpha value is -1.36. The second-order valence-electron chi connectivity index (χ2n) is 2.42. The maximum Gasteiger partial charge on any atom is 0.193 e. The third kappa shape index (κ3) is 1.45. The van der Waals surface area contributed by atoms with Crippen molar-refractivity contribution in [2.45, 2.75) is 0 Å². The summed E-state index contributed by atoms with van der Waals surface area (Å²) in [6.07, 6.45) is 1.44. The van der Waals surface area contributed by atoms with Crippen molar-refractivity contribution in [1.82, 2.24) is 9.78 Å². The topological polar surface area (TPSA) is 70.1 Å². The molecule has 0 bridgehead atoms. The smallest absolute Gasteiger partial charge is 0.193 e. The number of aryl methyl sites for hydroxylation is 1. The van der Waals surface area contributed by atoms with Gasteiger partial charge in [-0.3, -0.25) is 9.48 Å². The number of nitrogen functional groups attached to an aromatic ring is 1. The number of carbonyl (C=O) groups excluding carboxylic acids is 1. The van der Waals surface area contributed by atoms with E-state index in [4.69, 9.17) is 5.73 Å². The molecular formula is C7H11N3O2. The quantitative estimate of drug-likeness (QED) is 0.638. The lowest BCUT2D eigenvalue weighted by Crippen LogP contribution is -2.09. The fraction of sp³-hybridized carbons (Fsp3) is 0.429. The van der Waals surface area contributed by atoms with Crippen molar-refractivity contribution >= 4 is 11.6 Å². The van der Waals surface area contributed by atoms with E-state index >= 15 is 0 Å². The summed E-state index contributed by atoms with van der Waals surface area (Å²) in [6.45, 7) is 0.0376. The third-order valence-electron chi connectivity index (χ3n) is 1.56. The molecule has 0 aliphatic carbocycles. The molecule has 0 fully saturated rings. The van der Waals surface area contributed by atoms with E-state index in [-0.39, 0.29) is 12.4 Å². The molecule has 0 unspecified atom stereocenters. The van der Waals surface area contributed by atoms with Crippen LogP contribution >= 0.6 is 0 Å². The van der Waals surface area contributed by atoms with E-state index < -0.39 is 0 Å². The van der Waals surface area contributed by atoms with Crippen molar-refractivity contribution in [2.75, 3.05) is 19.5 Å². The lowest BCUT2D eigenvalue weighted by atomic mass is 10.2. The Morgan fingerprint density at radius 3 is 2.92 bits per heavy atom. The number of ketones is 1. The zero-order chi connectivity index (χ0) is 9.14. The Bertz CT molecular complexity index is 293.